The topological polar surface area (TPSA) is 397 Å². The number of aliphatic hydroxyl groups excluding tert-OH is 3. The molecule has 598 valence electrons. The third kappa shape index (κ3) is 83.2. The van der Waals surface area contributed by atoms with E-state index in [-0.39, 0.29) is 177 Å². The zero-order valence-corrected chi connectivity index (χ0v) is 75.2. The van der Waals surface area contributed by atoms with E-state index in [2.05, 4.69) is 77.8 Å². The first-order chi connectivity index (χ1) is 50.9. The second-order valence-electron chi connectivity index (χ2n) is 16.7. The summed E-state index contributed by atoms with van der Waals surface area (Å²) in [6, 6.07) is 29.6. The van der Waals surface area contributed by atoms with Gasteiger partial charge in [-0.3, -0.25) is 54.1 Å². The van der Waals surface area contributed by atoms with Crippen LogP contribution in [0.5, 0.6) is 0 Å². The Kier molecular flexibility index (Phi) is 128. The number of hydrogen-bond acceptors (Lipinski definition) is 16. The van der Waals surface area contributed by atoms with E-state index in [1.807, 2.05) is 151 Å². The third-order valence-corrected chi connectivity index (χ3v) is 11.4. The number of amides is 4. The molecule has 0 saturated carbocycles. The maximum atomic E-state index is 12.0. The van der Waals surface area contributed by atoms with Gasteiger partial charge < -0.3 is 82.4 Å². The van der Waals surface area contributed by atoms with Crippen molar-refractivity contribution < 1.29 is 175 Å². The Morgan fingerprint density at radius 1 is 0.648 bits per heavy atom. The van der Waals surface area contributed by atoms with Crippen molar-refractivity contribution in [2.75, 3.05) is 76.2 Å². The van der Waals surface area contributed by atoms with Gasteiger partial charge in [0.15, 0.2) is 0 Å². The summed E-state index contributed by atoms with van der Waals surface area (Å²) in [6.07, 6.45) is 13.5. The SMILES string of the molecule is C1CCOC1.CC.CC.CC.CC.CCN(CC)CC.CCO.ClCCl.ClCCl.NCc1ccc[nH]1.NN.O=C(CCl)NCc1ccc[nH]1.O=C(Cl)CCl.O=C1Cn2cccc2CN1.O=C1c2ccccc2C(=O)N1Cc1ccc[nH]1.O=CO[O-].OCc1ccc[nH]1.OCc1ccc[nH]1.[2H]CF.[2H]CF.[H-].[K+].[K+]. The summed E-state index contributed by atoms with van der Waals surface area (Å²) in [5.41, 5.74) is 12.1. The molecule has 4 amide bonds. The van der Waals surface area contributed by atoms with Gasteiger partial charge in [0.1, 0.15) is 12.4 Å². The van der Waals surface area contributed by atoms with Crippen molar-refractivity contribution in [1.29, 1.82) is 0 Å². The molecule has 105 heavy (non-hydrogen) atoms. The number of fused-ring (bicyclic) bond motifs is 2. The number of carbonyl (C=O) groups excluding carboxylic acids is 6. The van der Waals surface area contributed by atoms with Crippen LogP contribution in [0, 0.1) is 0 Å². The Morgan fingerprint density at radius 3 is 1.24 bits per heavy atom. The summed E-state index contributed by atoms with van der Waals surface area (Å²) in [6.45, 7) is 32.6. The Bertz CT molecular complexity index is 2650. The van der Waals surface area contributed by atoms with E-state index < -0.39 is 19.5 Å². The number of aromatic amines is 5. The summed E-state index contributed by atoms with van der Waals surface area (Å²) in [5, 5.41) is 38.1. The Labute approximate surface area is 747 Å². The average molecular weight is 1690 g/mol. The number of rotatable bonds is 13. The van der Waals surface area contributed by atoms with Gasteiger partial charge in [-0.2, -0.15) is 0 Å². The molecule has 0 spiro atoms. The minimum atomic E-state index is -1.00. The number of hydrogen-bond donors (Lipinski definition) is 13. The number of halogens is 9. The molecule has 1 saturated heterocycles. The number of nitrogens with two attached hydrogens (primary N) is 3. The van der Waals surface area contributed by atoms with Gasteiger partial charge in [-0.25, -0.2) is 0 Å². The first-order valence-electron chi connectivity index (χ1n) is 33.6. The van der Waals surface area contributed by atoms with Crippen molar-refractivity contribution in [3.63, 3.8) is 0 Å². The van der Waals surface area contributed by atoms with Crippen LogP contribution in [0.25, 0.3) is 0 Å². The number of H-pyrrole nitrogens is 5. The summed E-state index contributed by atoms with van der Waals surface area (Å²) in [4.78, 5) is 84.4. The molecular weight excluding hydrogens is 1570 g/mol. The van der Waals surface area contributed by atoms with Crippen LogP contribution in [-0.2, 0) is 74.7 Å². The zero-order chi connectivity index (χ0) is 82.7. The van der Waals surface area contributed by atoms with Crippen LogP contribution in [-0.4, -0.2) is 166 Å². The van der Waals surface area contributed by atoms with Crippen molar-refractivity contribution in [2.45, 2.75) is 142 Å². The minimum Gasteiger partial charge on any atom is -1.00 e. The standard InChI is InChI=1S/C13H10N2O2.C7H9ClN2O.C7H8N2O.C6H15N.C5H8N2.2C5H7NO.C4H8O.C2H2Cl2O.C2H6O.4C2H6.2CH2Cl2.2CH3F.CH2O3.2K.H4N2.H/c16-12-10-5-1-2-6-11(10)13(17)15(12)8-9-4-3-7-14-9;8-4-7(11)10-5-6-2-1-3-9-6;10-7-5-9-3-1-2-6(9)4-8-7;1-4-7(5-2)6-3;6-4-5-2-1-3-7-5;2*7-4-5-2-1-3-6-5;1-2-4-5-3-1;3-1-2(4)5;1-2-3;4*1-2;2*2-1-3;2*1-2;2-1-4-3;;;1-2;/h1-7,14H,8H2;1-3,9H,4-5H2,(H,10,11);1-3H,4-5H2,(H,8,10);4-6H2,1-3H3;1-3,7H,4,6H2;2*1-3,6-7H,4H2;1-4H2;1H2;3H,2H2,1H3;4*1-2H3;2*1H2;2*1H3;1,3H;;;1-2H2;/q;;;;;;;;;;;;;;;;;;;2*+1;;-1/p-1/i;;;;;;;;;;;;;;;;2*1D;;;;;. The minimum absolute atomic E-state index is 0. The Morgan fingerprint density at radius 2 is 0.990 bits per heavy atom. The maximum Gasteiger partial charge on any atom is 1.00 e. The average Bonchev–Trinajstić information content (AvgIpc) is 1.64. The van der Waals surface area contributed by atoms with E-state index in [1.165, 1.54) is 43.1 Å². The van der Waals surface area contributed by atoms with Crippen molar-refractivity contribution in [3.05, 3.63) is 180 Å². The van der Waals surface area contributed by atoms with Gasteiger partial charge in [0.05, 0.1) is 77.6 Å². The summed E-state index contributed by atoms with van der Waals surface area (Å²) in [5.74, 6) is 7.42. The summed E-state index contributed by atoms with van der Waals surface area (Å²) in [7, 11) is -2.00. The molecule has 36 heteroatoms. The van der Waals surface area contributed by atoms with Crippen molar-refractivity contribution in [2.24, 2.45) is 17.4 Å². The molecule has 1 aromatic carbocycles. The van der Waals surface area contributed by atoms with E-state index >= 15 is 0 Å². The smallest absolute Gasteiger partial charge is 1.00 e. The van der Waals surface area contributed by atoms with Crippen LogP contribution in [0.15, 0.2) is 134 Å². The molecule has 6 aromatic heterocycles. The second kappa shape index (κ2) is 110. The second-order valence-corrected chi connectivity index (χ2v) is 19.3. The van der Waals surface area contributed by atoms with Gasteiger partial charge in [0.2, 0.25) is 17.1 Å². The third-order valence-electron chi connectivity index (χ3n) is 10.7. The van der Waals surface area contributed by atoms with E-state index in [4.69, 9.17) is 120 Å². The number of nitrogens with one attached hydrogen (secondary N) is 7. The van der Waals surface area contributed by atoms with E-state index in [0.29, 0.717) is 43.9 Å². The van der Waals surface area contributed by atoms with Crippen LogP contribution in [0.4, 0.5) is 8.78 Å². The van der Waals surface area contributed by atoms with Gasteiger partial charge >= 0.3 is 103 Å². The van der Waals surface area contributed by atoms with Gasteiger partial charge in [-0.15, -0.1) is 69.6 Å². The maximum absolute atomic E-state index is 12.0. The summed E-state index contributed by atoms with van der Waals surface area (Å²) < 4.78 is 37.9. The fraction of sp³-hybridized carbons (Fsp3) is 0.478. The predicted octanol–water partition coefficient (Wildman–Crippen LogP) is 6.91. The number of alkyl halides is 8. The Balaban J connectivity index is -0.0000000829. The van der Waals surface area contributed by atoms with Crippen molar-refractivity contribution in [3.8, 4) is 0 Å². The van der Waals surface area contributed by atoms with Gasteiger partial charge in [-0.1, -0.05) is 88.3 Å². The molecule has 3 aliphatic rings. The van der Waals surface area contributed by atoms with Crippen LogP contribution < -0.4 is 136 Å². The molecule has 0 aliphatic carbocycles. The molecule has 1 fully saturated rings. The number of carbonyl (C=O) groups is 6. The van der Waals surface area contributed by atoms with E-state index in [0.717, 1.165) is 41.7 Å². The molecule has 9 heterocycles. The Hall–Kier alpha value is -3.08. The molecule has 0 atom stereocenters. The van der Waals surface area contributed by atoms with Crippen LogP contribution in [0.1, 0.15) is 155 Å². The number of aliphatic hydroxyl groups is 3. The first kappa shape index (κ1) is 123. The number of hydrazine groups is 1. The van der Waals surface area contributed by atoms with Crippen molar-refractivity contribution >= 4 is 117 Å². The van der Waals surface area contributed by atoms with E-state index in [1.54, 1.807) is 49.8 Å². The molecule has 16 N–H and O–H groups in total. The summed E-state index contributed by atoms with van der Waals surface area (Å²) >= 11 is 33.9. The zero-order valence-electron chi connectivity index (χ0n) is 66.6. The quantitative estimate of drug-likeness (QED) is 0.00814. The van der Waals surface area contributed by atoms with Gasteiger partial charge in [0, 0.05) is 97.7 Å². The monoisotopic (exact) mass is 1690 g/mol. The normalized spacial score (nSPS) is 10.3. The molecule has 3 aliphatic heterocycles. The number of imide groups is 1. The molecule has 0 radical (unpaired) electrons. The molecule has 25 nitrogen and oxygen atoms in total. The van der Waals surface area contributed by atoms with Gasteiger partial charge in [-0.05, 0) is 136 Å². The number of benzene rings is 1. The molecule has 10 rings (SSSR count). The molecule has 0 unspecified atom stereocenters. The molecule has 7 aromatic rings. The van der Waals surface area contributed by atoms with E-state index in [9.17, 15) is 32.8 Å². The van der Waals surface area contributed by atoms with Crippen molar-refractivity contribution in [1.82, 2.24) is 49.9 Å². The molecular formula is C69H120Cl7F2K2N13O12. The molecule has 0 bridgehead atoms. The number of aromatic nitrogens is 6. The van der Waals surface area contributed by atoms with Gasteiger partial charge in [0.25, 0.3) is 18.3 Å². The predicted molar refractivity (Wildman–Crippen MR) is 420 cm³/mol. The largest absolute Gasteiger partial charge is 1.00 e. The number of ether oxygens (including phenoxy) is 1. The fourth-order valence-electron chi connectivity index (χ4n) is 6.51. The number of nitrogens with zero attached hydrogens (tertiary/aromatic N) is 3. The fourth-order valence-corrected chi connectivity index (χ4v) is 6.60. The van der Waals surface area contributed by atoms with Crippen LogP contribution in [0.2, 0.25) is 0 Å². The van der Waals surface area contributed by atoms with Crippen LogP contribution in [0.3, 0.4) is 0 Å². The first-order valence-corrected chi connectivity index (χ1v) is 35.8. The van der Waals surface area contributed by atoms with Crippen LogP contribution >= 0.6 is 81.2 Å².